The van der Waals surface area contributed by atoms with Gasteiger partial charge in [-0.1, -0.05) is 54.6 Å². The van der Waals surface area contributed by atoms with E-state index in [1.807, 2.05) is 48.5 Å². The molecule has 0 fully saturated rings. The fourth-order valence-electron chi connectivity index (χ4n) is 3.65. The molecule has 0 radical (unpaired) electrons. The lowest BCUT2D eigenvalue weighted by molar-refractivity contribution is -0.120. The van der Waals surface area contributed by atoms with Crippen LogP contribution >= 0.6 is 0 Å². The summed E-state index contributed by atoms with van der Waals surface area (Å²) in [6.45, 7) is -0.147. The maximum Gasteiger partial charge on any atom is 0.251 e. The number of rotatable bonds is 5. The number of nitrogens with zero attached hydrogens (tertiary/aromatic N) is 1. The quantitative estimate of drug-likeness (QED) is 0.388. The summed E-state index contributed by atoms with van der Waals surface area (Å²) in [7, 11) is 0. The molecule has 1 aliphatic carbocycles. The molecule has 2 amide bonds. The summed E-state index contributed by atoms with van der Waals surface area (Å²) in [6.07, 6.45) is 0. The number of amides is 2. The lowest BCUT2D eigenvalue weighted by atomic mass is 10.1. The van der Waals surface area contributed by atoms with Gasteiger partial charge in [-0.05, 0) is 40.5 Å². The van der Waals surface area contributed by atoms with E-state index < -0.39 is 0 Å². The fourth-order valence-corrected chi connectivity index (χ4v) is 3.65. The SMILES string of the molecule is NC(N)=Nc1cccc(C(=O)NCC(=O)NC2c3ccccc3-c3ccccc32)c1. The summed E-state index contributed by atoms with van der Waals surface area (Å²) in [5.74, 6) is -0.755. The zero-order chi connectivity index (χ0) is 21.1. The molecule has 0 aliphatic heterocycles. The molecule has 3 aromatic rings. The van der Waals surface area contributed by atoms with Crippen LogP contribution in [0.4, 0.5) is 5.69 Å². The van der Waals surface area contributed by atoms with Crippen molar-refractivity contribution < 1.29 is 9.59 Å². The van der Waals surface area contributed by atoms with Crippen molar-refractivity contribution in [3.63, 3.8) is 0 Å². The summed E-state index contributed by atoms with van der Waals surface area (Å²) < 4.78 is 0. The molecule has 150 valence electrons. The van der Waals surface area contributed by atoms with Crippen molar-refractivity contribution >= 4 is 23.5 Å². The Morgan fingerprint density at radius 1 is 0.867 bits per heavy atom. The monoisotopic (exact) mass is 399 g/mol. The van der Waals surface area contributed by atoms with E-state index in [2.05, 4.69) is 15.6 Å². The van der Waals surface area contributed by atoms with E-state index in [0.717, 1.165) is 22.3 Å². The lowest BCUT2D eigenvalue weighted by Crippen LogP contribution is -2.38. The Labute approximate surface area is 173 Å². The Morgan fingerprint density at radius 3 is 2.13 bits per heavy atom. The molecule has 7 heteroatoms. The molecule has 0 saturated heterocycles. The average molecular weight is 399 g/mol. The van der Waals surface area contributed by atoms with Gasteiger partial charge in [0.2, 0.25) is 5.91 Å². The molecule has 0 unspecified atom stereocenters. The Balaban J connectivity index is 1.44. The first kappa shape index (κ1) is 19.2. The molecule has 0 atom stereocenters. The Kier molecular flexibility index (Phi) is 5.17. The van der Waals surface area contributed by atoms with Crippen LogP contribution < -0.4 is 22.1 Å². The number of hydrogen-bond acceptors (Lipinski definition) is 3. The topological polar surface area (TPSA) is 123 Å². The van der Waals surface area contributed by atoms with Crippen molar-refractivity contribution in [1.82, 2.24) is 10.6 Å². The highest BCUT2D eigenvalue weighted by atomic mass is 16.2. The number of aliphatic imine (C=N–C) groups is 1. The molecular formula is C23H21N5O2. The highest BCUT2D eigenvalue weighted by molar-refractivity contribution is 5.97. The van der Waals surface area contributed by atoms with Crippen molar-refractivity contribution in [3.05, 3.63) is 89.5 Å². The van der Waals surface area contributed by atoms with Gasteiger partial charge in [-0.2, -0.15) is 0 Å². The number of fused-ring (bicyclic) bond motifs is 3. The summed E-state index contributed by atoms with van der Waals surface area (Å²) in [5, 5.41) is 5.67. The zero-order valence-corrected chi connectivity index (χ0v) is 16.1. The van der Waals surface area contributed by atoms with Crippen LogP contribution in [0.15, 0.2) is 77.8 Å². The predicted octanol–water partition coefficient (Wildman–Crippen LogP) is 2.21. The van der Waals surface area contributed by atoms with Crippen LogP contribution in [0.3, 0.4) is 0 Å². The Morgan fingerprint density at radius 2 is 1.50 bits per heavy atom. The molecule has 0 spiro atoms. The van der Waals surface area contributed by atoms with Gasteiger partial charge in [-0.15, -0.1) is 0 Å². The minimum Gasteiger partial charge on any atom is -0.370 e. The van der Waals surface area contributed by atoms with Crippen LogP contribution in [0, 0.1) is 0 Å². The maximum atomic E-state index is 12.6. The molecule has 0 heterocycles. The zero-order valence-electron chi connectivity index (χ0n) is 16.1. The van der Waals surface area contributed by atoms with E-state index >= 15 is 0 Å². The van der Waals surface area contributed by atoms with Crippen molar-refractivity contribution in [3.8, 4) is 11.1 Å². The first-order chi connectivity index (χ1) is 14.5. The smallest absolute Gasteiger partial charge is 0.251 e. The van der Waals surface area contributed by atoms with E-state index in [-0.39, 0.29) is 30.4 Å². The van der Waals surface area contributed by atoms with Gasteiger partial charge in [0.05, 0.1) is 18.3 Å². The van der Waals surface area contributed by atoms with E-state index in [4.69, 9.17) is 11.5 Å². The maximum absolute atomic E-state index is 12.6. The van der Waals surface area contributed by atoms with Crippen LogP contribution in [0.2, 0.25) is 0 Å². The largest absolute Gasteiger partial charge is 0.370 e. The van der Waals surface area contributed by atoms with E-state index in [1.54, 1.807) is 24.3 Å². The number of carbonyl (C=O) groups is 2. The molecule has 0 bridgehead atoms. The standard InChI is InChI=1S/C23H21N5O2/c24-23(25)27-15-7-5-6-14(12-15)22(30)26-13-20(29)28-21-18-10-3-1-8-16(18)17-9-2-4-11-19(17)21/h1-12,21H,13H2,(H,26,30)(H,28,29)(H4,24,25,27). The van der Waals surface area contributed by atoms with E-state index in [1.165, 1.54) is 0 Å². The van der Waals surface area contributed by atoms with Gasteiger partial charge in [0.1, 0.15) is 0 Å². The number of carbonyl (C=O) groups excluding carboxylic acids is 2. The third-order valence-electron chi connectivity index (χ3n) is 4.92. The lowest BCUT2D eigenvalue weighted by Gasteiger charge is -2.16. The third-order valence-corrected chi connectivity index (χ3v) is 4.92. The third kappa shape index (κ3) is 3.86. The molecule has 6 N–H and O–H groups in total. The molecule has 0 saturated carbocycles. The summed E-state index contributed by atoms with van der Waals surface area (Å²) >= 11 is 0. The van der Waals surface area contributed by atoms with Crippen molar-refractivity contribution in [1.29, 1.82) is 0 Å². The predicted molar refractivity (Wildman–Crippen MR) is 116 cm³/mol. The number of guanidine groups is 1. The van der Waals surface area contributed by atoms with Crippen molar-refractivity contribution in [2.45, 2.75) is 6.04 Å². The van der Waals surface area contributed by atoms with Crippen molar-refractivity contribution in [2.24, 2.45) is 16.5 Å². The van der Waals surface area contributed by atoms with Gasteiger partial charge in [0, 0.05) is 5.56 Å². The molecule has 30 heavy (non-hydrogen) atoms. The van der Waals surface area contributed by atoms with Crippen LogP contribution in [-0.2, 0) is 4.79 Å². The van der Waals surface area contributed by atoms with Gasteiger partial charge in [0.25, 0.3) is 5.91 Å². The van der Waals surface area contributed by atoms with Gasteiger partial charge >= 0.3 is 0 Å². The van der Waals surface area contributed by atoms with E-state index in [9.17, 15) is 9.59 Å². The summed E-state index contributed by atoms with van der Waals surface area (Å²) in [5.41, 5.74) is 15.9. The van der Waals surface area contributed by atoms with Gasteiger partial charge in [-0.25, -0.2) is 4.99 Å². The minimum absolute atomic E-state index is 0.0935. The van der Waals surface area contributed by atoms with Crippen LogP contribution in [-0.4, -0.2) is 24.3 Å². The first-order valence-electron chi connectivity index (χ1n) is 9.48. The summed E-state index contributed by atoms with van der Waals surface area (Å²) in [4.78, 5) is 28.9. The Hall–Kier alpha value is -4.13. The molecule has 0 aromatic heterocycles. The molecule has 3 aromatic carbocycles. The number of nitrogens with one attached hydrogen (secondary N) is 2. The van der Waals surface area contributed by atoms with Crippen LogP contribution in [0.25, 0.3) is 11.1 Å². The highest BCUT2D eigenvalue weighted by Gasteiger charge is 2.29. The highest BCUT2D eigenvalue weighted by Crippen LogP contribution is 2.42. The Bertz CT molecular complexity index is 1110. The minimum atomic E-state index is -0.384. The molecule has 4 rings (SSSR count). The number of benzene rings is 3. The second-order valence-electron chi connectivity index (χ2n) is 6.94. The number of nitrogens with two attached hydrogens (primary N) is 2. The van der Waals surface area contributed by atoms with E-state index in [0.29, 0.717) is 11.3 Å². The first-order valence-corrected chi connectivity index (χ1v) is 9.48. The number of hydrogen-bond donors (Lipinski definition) is 4. The second-order valence-corrected chi connectivity index (χ2v) is 6.94. The average Bonchev–Trinajstić information content (AvgIpc) is 3.06. The molecule has 1 aliphatic rings. The second kappa shape index (κ2) is 8.08. The summed E-state index contributed by atoms with van der Waals surface area (Å²) in [6, 6.07) is 22.3. The van der Waals surface area contributed by atoms with Crippen LogP contribution in [0.5, 0.6) is 0 Å². The fraction of sp³-hybridized carbons (Fsp3) is 0.0870. The van der Waals surface area contributed by atoms with Gasteiger partial charge in [-0.3, -0.25) is 9.59 Å². The van der Waals surface area contributed by atoms with Gasteiger partial charge in [0.15, 0.2) is 5.96 Å². The van der Waals surface area contributed by atoms with Gasteiger partial charge < -0.3 is 22.1 Å². The van der Waals surface area contributed by atoms with Crippen molar-refractivity contribution in [2.75, 3.05) is 6.54 Å². The molecular weight excluding hydrogens is 378 g/mol. The normalized spacial score (nSPS) is 11.9. The molecule has 7 nitrogen and oxygen atoms in total. The van der Waals surface area contributed by atoms with Crippen LogP contribution in [0.1, 0.15) is 27.5 Å².